The van der Waals surface area contributed by atoms with E-state index in [-0.39, 0.29) is 0 Å². The molecule has 0 bridgehead atoms. The minimum absolute atomic E-state index is 0.738. The van der Waals surface area contributed by atoms with E-state index in [1.54, 1.807) is 0 Å². The molecular weight excluding hydrogens is 188 g/mol. The van der Waals surface area contributed by atoms with Crippen LogP contribution in [0, 0.1) is 0 Å². The van der Waals surface area contributed by atoms with E-state index in [0.717, 1.165) is 24.5 Å². The Bertz CT molecular complexity index is 303. The van der Waals surface area contributed by atoms with Gasteiger partial charge in [-0.1, -0.05) is 12.2 Å². The molecule has 0 spiro atoms. The van der Waals surface area contributed by atoms with Gasteiger partial charge in [0, 0.05) is 32.1 Å². The van der Waals surface area contributed by atoms with Gasteiger partial charge in [-0.2, -0.15) is 0 Å². The summed E-state index contributed by atoms with van der Waals surface area (Å²) < 4.78 is 0. The first kappa shape index (κ1) is 11.7. The molecule has 0 saturated carbocycles. The zero-order valence-electron chi connectivity index (χ0n) is 9.57. The lowest BCUT2D eigenvalue weighted by molar-refractivity contribution is 0.809. The molecule has 0 fully saturated rings. The van der Waals surface area contributed by atoms with Gasteiger partial charge in [-0.15, -0.1) is 0 Å². The van der Waals surface area contributed by atoms with Gasteiger partial charge in [-0.25, -0.2) is 9.97 Å². The van der Waals surface area contributed by atoms with Crippen molar-refractivity contribution in [3.8, 4) is 0 Å². The molecule has 15 heavy (non-hydrogen) atoms. The quantitative estimate of drug-likeness (QED) is 0.734. The molecule has 0 amide bonds. The SMILES string of the molecule is CNCCC=Cc1cnc(N(C)C)nc1. The summed E-state index contributed by atoms with van der Waals surface area (Å²) in [6.07, 6.45) is 8.84. The third-order valence-corrected chi connectivity index (χ3v) is 1.93. The van der Waals surface area contributed by atoms with Crippen LogP contribution in [0.15, 0.2) is 18.5 Å². The van der Waals surface area contributed by atoms with Crippen LogP contribution in [0.4, 0.5) is 5.95 Å². The van der Waals surface area contributed by atoms with Crippen molar-refractivity contribution in [1.29, 1.82) is 0 Å². The van der Waals surface area contributed by atoms with E-state index in [4.69, 9.17) is 0 Å². The Hall–Kier alpha value is -1.42. The Morgan fingerprint density at radius 2 is 2.00 bits per heavy atom. The van der Waals surface area contributed by atoms with Crippen LogP contribution < -0.4 is 10.2 Å². The predicted octanol–water partition coefficient (Wildman–Crippen LogP) is 1.17. The molecule has 4 heteroatoms. The number of hydrogen-bond donors (Lipinski definition) is 1. The van der Waals surface area contributed by atoms with Crippen molar-refractivity contribution in [2.45, 2.75) is 6.42 Å². The molecule has 82 valence electrons. The number of nitrogens with zero attached hydrogens (tertiary/aromatic N) is 3. The Morgan fingerprint density at radius 1 is 1.33 bits per heavy atom. The van der Waals surface area contributed by atoms with E-state index in [1.165, 1.54) is 0 Å². The van der Waals surface area contributed by atoms with Crippen LogP contribution in [-0.4, -0.2) is 37.7 Å². The highest BCUT2D eigenvalue weighted by Crippen LogP contribution is 2.04. The first-order valence-corrected chi connectivity index (χ1v) is 5.04. The van der Waals surface area contributed by atoms with Crippen LogP contribution in [0.5, 0.6) is 0 Å². The van der Waals surface area contributed by atoms with E-state index < -0.39 is 0 Å². The third-order valence-electron chi connectivity index (χ3n) is 1.93. The summed E-state index contributed by atoms with van der Waals surface area (Å²) in [6.45, 7) is 0.993. The second-order valence-electron chi connectivity index (χ2n) is 3.51. The summed E-state index contributed by atoms with van der Waals surface area (Å²) in [5, 5.41) is 3.09. The highest BCUT2D eigenvalue weighted by atomic mass is 15.2. The van der Waals surface area contributed by atoms with Crippen molar-refractivity contribution in [1.82, 2.24) is 15.3 Å². The molecule has 0 aliphatic heterocycles. The van der Waals surface area contributed by atoms with Crippen LogP contribution in [0.2, 0.25) is 0 Å². The summed E-state index contributed by atoms with van der Waals surface area (Å²) >= 11 is 0. The van der Waals surface area contributed by atoms with Crippen molar-refractivity contribution >= 4 is 12.0 Å². The van der Waals surface area contributed by atoms with E-state index in [9.17, 15) is 0 Å². The summed E-state index contributed by atoms with van der Waals surface area (Å²) in [5.41, 5.74) is 1.04. The van der Waals surface area contributed by atoms with Gasteiger partial charge in [0.05, 0.1) is 0 Å². The van der Waals surface area contributed by atoms with Crippen molar-refractivity contribution < 1.29 is 0 Å². The van der Waals surface area contributed by atoms with Crippen LogP contribution in [0.3, 0.4) is 0 Å². The Labute approximate surface area is 91.0 Å². The molecule has 1 N–H and O–H groups in total. The molecule has 1 aromatic heterocycles. The van der Waals surface area contributed by atoms with Gasteiger partial charge in [-0.05, 0) is 20.0 Å². The minimum atomic E-state index is 0.738. The summed E-state index contributed by atoms with van der Waals surface area (Å²) in [7, 11) is 5.80. The van der Waals surface area contributed by atoms with Crippen LogP contribution in [0.1, 0.15) is 12.0 Å². The molecule has 0 aliphatic carbocycles. The zero-order valence-corrected chi connectivity index (χ0v) is 9.57. The Morgan fingerprint density at radius 3 is 2.53 bits per heavy atom. The molecular formula is C11H18N4. The van der Waals surface area contributed by atoms with E-state index >= 15 is 0 Å². The zero-order chi connectivity index (χ0) is 11.1. The minimum Gasteiger partial charge on any atom is -0.347 e. The molecule has 0 atom stereocenters. The standard InChI is InChI=1S/C11H18N4/c1-12-7-5-4-6-10-8-13-11(14-9-10)15(2)3/h4,6,8-9,12H,5,7H2,1-3H3. The number of nitrogens with one attached hydrogen (secondary N) is 1. The average molecular weight is 206 g/mol. The van der Waals surface area contributed by atoms with Gasteiger partial charge in [0.1, 0.15) is 0 Å². The molecule has 0 unspecified atom stereocenters. The third kappa shape index (κ3) is 4.08. The Balaban J connectivity index is 2.53. The second kappa shape index (κ2) is 6.14. The number of anilines is 1. The number of hydrogen-bond acceptors (Lipinski definition) is 4. The number of aromatic nitrogens is 2. The molecule has 1 aromatic rings. The van der Waals surface area contributed by atoms with Crippen molar-refractivity contribution in [2.24, 2.45) is 0 Å². The largest absolute Gasteiger partial charge is 0.347 e. The molecule has 0 aliphatic rings. The fraction of sp³-hybridized carbons (Fsp3) is 0.455. The fourth-order valence-electron chi connectivity index (χ4n) is 1.10. The molecule has 1 heterocycles. The van der Waals surface area contributed by atoms with Gasteiger partial charge in [0.25, 0.3) is 0 Å². The van der Waals surface area contributed by atoms with Crippen molar-refractivity contribution in [2.75, 3.05) is 32.6 Å². The topological polar surface area (TPSA) is 41.1 Å². The van der Waals surface area contributed by atoms with Gasteiger partial charge in [0.2, 0.25) is 5.95 Å². The first-order chi connectivity index (χ1) is 7.24. The Kier molecular flexibility index (Phi) is 4.77. The first-order valence-electron chi connectivity index (χ1n) is 5.04. The summed E-state index contributed by atoms with van der Waals surface area (Å²) in [6, 6.07) is 0. The smallest absolute Gasteiger partial charge is 0.224 e. The normalized spacial score (nSPS) is 10.9. The van der Waals surface area contributed by atoms with Crippen LogP contribution in [-0.2, 0) is 0 Å². The predicted molar refractivity (Wildman–Crippen MR) is 63.9 cm³/mol. The van der Waals surface area contributed by atoms with Crippen molar-refractivity contribution in [3.63, 3.8) is 0 Å². The monoisotopic (exact) mass is 206 g/mol. The lowest BCUT2D eigenvalue weighted by atomic mass is 10.3. The molecule has 0 aromatic carbocycles. The van der Waals surface area contributed by atoms with E-state index in [0.29, 0.717) is 0 Å². The van der Waals surface area contributed by atoms with Gasteiger partial charge in [-0.3, -0.25) is 0 Å². The molecule has 0 radical (unpaired) electrons. The van der Waals surface area contributed by atoms with E-state index in [1.807, 2.05) is 44.5 Å². The van der Waals surface area contributed by atoms with Crippen LogP contribution >= 0.6 is 0 Å². The molecule has 4 nitrogen and oxygen atoms in total. The van der Waals surface area contributed by atoms with Gasteiger partial charge < -0.3 is 10.2 Å². The average Bonchev–Trinajstić information content (AvgIpc) is 2.25. The maximum absolute atomic E-state index is 4.23. The molecule has 1 rings (SSSR count). The van der Waals surface area contributed by atoms with Crippen molar-refractivity contribution in [3.05, 3.63) is 24.0 Å². The highest BCUT2D eigenvalue weighted by molar-refractivity contribution is 5.47. The number of rotatable bonds is 5. The van der Waals surface area contributed by atoms with E-state index in [2.05, 4.69) is 21.4 Å². The fourth-order valence-corrected chi connectivity index (χ4v) is 1.10. The maximum Gasteiger partial charge on any atom is 0.224 e. The van der Waals surface area contributed by atoms with Gasteiger partial charge in [0.15, 0.2) is 0 Å². The molecule has 0 saturated heterocycles. The lowest BCUT2D eigenvalue weighted by Crippen LogP contribution is -2.12. The van der Waals surface area contributed by atoms with Crippen LogP contribution in [0.25, 0.3) is 6.08 Å². The lowest BCUT2D eigenvalue weighted by Gasteiger charge is -2.08. The van der Waals surface area contributed by atoms with Gasteiger partial charge >= 0.3 is 0 Å². The maximum atomic E-state index is 4.23. The summed E-state index contributed by atoms with van der Waals surface area (Å²) in [5.74, 6) is 0.738. The summed E-state index contributed by atoms with van der Waals surface area (Å²) in [4.78, 5) is 10.3. The highest BCUT2D eigenvalue weighted by Gasteiger charge is 1.96. The second-order valence-corrected chi connectivity index (χ2v) is 3.51.